The Morgan fingerprint density at radius 2 is 1.29 bits per heavy atom. The molecule has 0 fully saturated rings. The summed E-state index contributed by atoms with van der Waals surface area (Å²) in [6, 6.07) is 0. The number of hydrogen-bond donors (Lipinski definition) is 1. The average Bonchev–Trinajstić information content (AvgIpc) is 2.25. The van der Waals surface area contributed by atoms with Crippen molar-refractivity contribution in [1.29, 1.82) is 0 Å². The Labute approximate surface area is 130 Å². The summed E-state index contributed by atoms with van der Waals surface area (Å²) in [7, 11) is 0. The second-order valence-corrected chi connectivity index (χ2v) is 6.18. The first-order chi connectivity index (χ1) is 7.77. The van der Waals surface area contributed by atoms with Gasteiger partial charge in [-0.3, -0.25) is 0 Å². The molecule has 0 aliphatic rings. The fourth-order valence-corrected chi connectivity index (χ4v) is 2.56. The van der Waals surface area contributed by atoms with E-state index in [1.807, 2.05) is 0 Å². The van der Waals surface area contributed by atoms with E-state index in [4.69, 9.17) is 18.0 Å². The van der Waals surface area contributed by atoms with Crippen LogP contribution in [-0.2, 0) is 19.5 Å². The second kappa shape index (κ2) is 16.9. The molecule has 0 spiro atoms. The summed E-state index contributed by atoms with van der Waals surface area (Å²) >= 11 is 6.42. The van der Waals surface area contributed by atoms with E-state index in [9.17, 15) is 0 Å². The SMILES string of the molecule is CCCCCCCCCCCCSC(N)=S.[Zn+2]. The molecule has 0 aromatic carbocycles. The average molecular weight is 327 g/mol. The third kappa shape index (κ3) is 19.4. The molecule has 0 saturated carbocycles. The maximum absolute atomic E-state index is 5.41. The van der Waals surface area contributed by atoms with E-state index < -0.39 is 0 Å². The Morgan fingerprint density at radius 1 is 0.882 bits per heavy atom. The van der Waals surface area contributed by atoms with Gasteiger partial charge in [0.25, 0.3) is 0 Å². The molecular formula is C13H27NS2Zn+2. The molecule has 0 heterocycles. The third-order valence-corrected chi connectivity index (χ3v) is 3.87. The standard InChI is InChI=1S/C13H27NS2.Zn/c1-2-3-4-5-6-7-8-9-10-11-12-16-13(14)15;/h2-12H2,1H3,(H2,14,15);/q;+2. The van der Waals surface area contributed by atoms with Crippen molar-refractivity contribution >= 4 is 28.3 Å². The Bertz CT molecular complexity index is 165. The topological polar surface area (TPSA) is 26.0 Å². The smallest absolute Gasteiger partial charge is 0.385 e. The van der Waals surface area contributed by atoms with Crippen LogP contribution in [0.15, 0.2) is 0 Å². The zero-order valence-corrected chi connectivity index (χ0v) is 16.0. The van der Waals surface area contributed by atoms with E-state index in [-0.39, 0.29) is 19.5 Å². The van der Waals surface area contributed by atoms with Gasteiger partial charge in [-0.05, 0) is 6.42 Å². The van der Waals surface area contributed by atoms with Gasteiger partial charge in [-0.15, -0.1) is 0 Å². The van der Waals surface area contributed by atoms with E-state index in [2.05, 4.69) is 6.92 Å². The zero-order chi connectivity index (χ0) is 12.1. The van der Waals surface area contributed by atoms with Crippen LogP contribution in [0.2, 0.25) is 0 Å². The number of thioether (sulfide) groups is 1. The summed E-state index contributed by atoms with van der Waals surface area (Å²) < 4.78 is 0.593. The van der Waals surface area contributed by atoms with E-state index in [1.165, 1.54) is 64.2 Å². The van der Waals surface area contributed by atoms with Crippen molar-refractivity contribution in [3.63, 3.8) is 0 Å². The van der Waals surface area contributed by atoms with Crippen molar-refractivity contribution in [3.05, 3.63) is 0 Å². The predicted octanol–water partition coefficient (Wildman–Crippen LogP) is 4.88. The van der Waals surface area contributed by atoms with Gasteiger partial charge < -0.3 is 5.73 Å². The Balaban J connectivity index is 0. The van der Waals surface area contributed by atoms with Gasteiger partial charge in [0.1, 0.15) is 4.32 Å². The van der Waals surface area contributed by atoms with Crippen molar-refractivity contribution in [2.75, 3.05) is 5.75 Å². The summed E-state index contributed by atoms with van der Waals surface area (Å²) in [6.45, 7) is 2.27. The summed E-state index contributed by atoms with van der Waals surface area (Å²) in [6.07, 6.45) is 13.9. The van der Waals surface area contributed by atoms with Crippen LogP contribution in [0.3, 0.4) is 0 Å². The van der Waals surface area contributed by atoms with Crippen molar-refractivity contribution < 1.29 is 19.5 Å². The van der Waals surface area contributed by atoms with Crippen LogP contribution in [0.4, 0.5) is 0 Å². The van der Waals surface area contributed by atoms with Gasteiger partial charge in [0.2, 0.25) is 0 Å². The molecule has 0 radical (unpaired) electrons. The van der Waals surface area contributed by atoms with Crippen molar-refractivity contribution in [2.24, 2.45) is 5.73 Å². The van der Waals surface area contributed by atoms with Crippen LogP contribution in [0.1, 0.15) is 71.1 Å². The summed E-state index contributed by atoms with van der Waals surface area (Å²) in [4.78, 5) is 0. The Kier molecular flexibility index (Phi) is 20.0. The third-order valence-electron chi connectivity index (χ3n) is 2.74. The number of hydrogen-bond acceptors (Lipinski definition) is 2. The van der Waals surface area contributed by atoms with Crippen LogP contribution >= 0.6 is 24.0 Å². The van der Waals surface area contributed by atoms with Crippen LogP contribution in [-0.4, -0.2) is 10.1 Å². The minimum Gasteiger partial charge on any atom is -0.385 e. The van der Waals surface area contributed by atoms with Gasteiger partial charge in [-0.1, -0.05) is 88.7 Å². The molecule has 0 unspecified atom stereocenters. The number of unbranched alkanes of at least 4 members (excludes halogenated alkanes) is 9. The predicted molar refractivity (Wildman–Crippen MR) is 81.1 cm³/mol. The number of rotatable bonds is 11. The van der Waals surface area contributed by atoms with Gasteiger partial charge in [-0.2, -0.15) is 0 Å². The van der Waals surface area contributed by atoms with Crippen LogP contribution in [0.5, 0.6) is 0 Å². The quantitative estimate of drug-likeness (QED) is 0.333. The van der Waals surface area contributed by atoms with Crippen LogP contribution < -0.4 is 5.73 Å². The minimum atomic E-state index is 0. The first-order valence-electron chi connectivity index (χ1n) is 6.69. The molecule has 0 atom stereocenters. The summed E-state index contributed by atoms with van der Waals surface area (Å²) in [5.74, 6) is 1.10. The maximum Gasteiger partial charge on any atom is 2.00 e. The maximum atomic E-state index is 5.41. The summed E-state index contributed by atoms with van der Waals surface area (Å²) in [5, 5.41) is 0. The molecule has 0 aliphatic heterocycles. The molecule has 0 saturated heterocycles. The van der Waals surface area contributed by atoms with Crippen molar-refractivity contribution in [1.82, 2.24) is 0 Å². The van der Waals surface area contributed by atoms with Gasteiger partial charge in [0.05, 0.1) is 0 Å². The van der Waals surface area contributed by atoms with E-state index in [0.717, 1.165) is 5.75 Å². The molecule has 96 valence electrons. The fourth-order valence-electron chi connectivity index (χ4n) is 1.76. The molecule has 17 heavy (non-hydrogen) atoms. The molecule has 4 heteroatoms. The van der Waals surface area contributed by atoms with Crippen molar-refractivity contribution in [2.45, 2.75) is 71.1 Å². The first kappa shape index (κ1) is 20.2. The number of thiocarbonyl (C=S) groups is 1. The number of nitrogens with two attached hydrogens (primary N) is 1. The van der Waals surface area contributed by atoms with Gasteiger partial charge in [-0.25, -0.2) is 0 Å². The molecular weight excluding hydrogens is 300 g/mol. The van der Waals surface area contributed by atoms with E-state index in [1.54, 1.807) is 11.8 Å². The second-order valence-electron chi connectivity index (χ2n) is 4.35. The van der Waals surface area contributed by atoms with Gasteiger partial charge in [0.15, 0.2) is 0 Å². The first-order valence-corrected chi connectivity index (χ1v) is 8.09. The monoisotopic (exact) mass is 325 g/mol. The molecule has 0 aromatic rings. The summed E-state index contributed by atoms with van der Waals surface area (Å²) in [5.41, 5.74) is 5.41. The van der Waals surface area contributed by atoms with Crippen LogP contribution in [0.25, 0.3) is 0 Å². The van der Waals surface area contributed by atoms with E-state index >= 15 is 0 Å². The minimum absolute atomic E-state index is 0. The Morgan fingerprint density at radius 3 is 1.71 bits per heavy atom. The molecule has 0 aromatic heterocycles. The molecule has 0 rings (SSSR count). The Hall–Kier alpha value is 0.863. The fraction of sp³-hybridized carbons (Fsp3) is 0.923. The largest absolute Gasteiger partial charge is 2.00 e. The van der Waals surface area contributed by atoms with Gasteiger partial charge in [0, 0.05) is 5.75 Å². The van der Waals surface area contributed by atoms with Crippen molar-refractivity contribution in [3.8, 4) is 0 Å². The van der Waals surface area contributed by atoms with Crippen LogP contribution in [0, 0.1) is 0 Å². The molecule has 1 nitrogen and oxygen atoms in total. The van der Waals surface area contributed by atoms with E-state index in [0.29, 0.717) is 4.32 Å². The molecule has 0 amide bonds. The molecule has 0 bridgehead atoms. The zero-order valence-electron chi connectivity index (χ0n) is 11.4. The molecule has 2 N–H and O–H groups in total. The molecule has 0 aliphatic carbocycles. The normalized spacial score (nSPS) is 9.94. The van der Waals surface area contributed by atoms with Gasteiger partial charge >= 0.3 is 19.5 Å².